The van der Waals surface area contributed by atoms with Gasteiger partial charge in [-0.2, -0.15) is 0 Å². The van der Waals surface area contributed by atoms with Crippen LogP contribution in [0.1, 0.15) is 52.9 Å². The Morgan fingerprint density at radius 3 is 2.26 bits per heavy atom. The molecule has 1 saturated heterocycles. The van der Waals surface area contributed by atoms with Gasteiger partial charge in [0.1, 0.15) is 0 Å². The fraction of sp³-hybridized carbons (Fsp3) is 0.933. The minimum absolute atomic E-state index is 0.211. The summed E-state index contributed by atoms with van der Waals surface area (Å²) >= 11 is 0. The molecule has 4 nitrogen and oxygen atoms in total. The molecule has 1 aliphatic carbocycles. The van der Waals surface area contributed by atoms with E-state index in [1.54, 1.807) is 0 Å². The van der Waals surface area contributed by atoms with Gasteiger partial charge in [-0.25, -0.2) is 0 Å². The maximum atomic E-state index is 11.8. The monoisotopic (exact) mass is 267 g/mol. The molecule has 110 valence electrons. The molecule has 0 unspecified atom stereocenters. The third-order valence-corrected chi connectivity index (χ3v) is 4.17. The minimum atomic E-state index is 0.211. The standard InChI is InChI=1S/C15H29N3O/c1-15(2,3)18-10-7-13(8-11-18)17-14(19)6-9-16-12-4-5-12/h12-13,16H,4-11H2,1-3H3,(H,17,19). The molecule has 0 bridgehead atoms. The zero-order valence-corrected chi connectivity index (χ0v) is 12.7. The lowest BCUT2D eigenvalue weighted by atomic mass is 9.98. The summed E-state index contributed by atoms with van der Waals surface area (Å²) in [4.78, 5) is 14.3. The molecule has 2 N–H and O–H groups in total. The van der Waals surface area contributed by atoms with E-state index in [1.807, 2.05) is 0 Å². The zero-order chi connectivity index (χ0) is 13.9. The van der Waals surface area contributed by atoms with Crippen molar-refractivity contribution < 1.29 is 4.79 Å². The van der Waals surface area contributed by atoms with Gasteiger partial charge in [-0.15, -0.1) is 0 Å². The van der Waals surface area contributed by atoms with Crippen LogP contribution in [0.15, 0.2) is 0 Å². The first-order chi connectivity index (χ1) is 8.95. The van der Waals surface area contributed by atoms with Crippen LogP contribution in [-0.4, -0.2) is 48.1 Å². The van der Waals surface area contributed by atoms with Gasteiger partial charge in [0.2, 0.25) is 5.91 Å². The number of nitrogens with zero attached hydrogens (tertiary/aromatic N) is 1. The number of carbonyl (C=O) groups is 1. The summed E-state index contributed by atoms with van der Waals surface area (Å²) < 4.78 is 0. The first-order valence-electron chi connectivity index (χ1n) is 7.73. The van der Waals surface area contributed by atoms with E-state index in [9.17, 15) is 4.79 Å². The maximum Gasteiger partial charge on any atom is 0.221 e. The first kappa shape index (κ1) is 14.8. The van der Waals surface area contributed by atoms with Crippen molar-refractivity contribution >= 4 is 5.91 Å². The van der Waals surface area contributed by atoms with E-state index in [0.717, 1.165) is 32.5 Å². The SMILES string of the molecule is CC(C)(C)N1CCC(NC(=O)CCNC2CC2)CC1. The first-order valence-corrected chi connectivity index (χ1v) is 7.73. The second-order valence-corrected chi connectivity index (χ2v) is 6.98. The Bertz CT molecular complexity index is 299. The fourth-order valence-electron chi connectivity index (χ4n) is 2.67. The second kappa shape index (κ2) is 6.23. The lowest BCUT2D eigenvalue weighted by Crippen LogP contribution is -2.51. The van der Waals surface area contributed by atoms with Gasteiger partial charge in [-0.1, -0.05) is 0 Å². The number of carbonyl (C=O) groups excluding carboxylic acids is 1. The summed E-state index contributed by atoms with van der Waals surface area (Å²) in [5.74, 6) is 0.211. The largest absolute Gasteiger partial charge is 0.353 e. The topological polar surface area (TPSA) is 44.4 Å². The maximum absolute atomic E-state index is 11.8. The zero-order valence-electron chi connectivity index (χ0n) is 12.7. The predicted octanol–water partition coefficient (Wildman–Crippen LogP) is 1.51. The summed E-state index contributed by atoms with van der Waals surface area (Å²) in [7, 11) is 0. The van der Waals surface area contributed by atoms with Crippen molar-refractivity contribution in [3.8, 4) is 0 Å². The van der Waals surface area contributed by atoms with Crippen LogP contribution in [0.25, 0.3) is 0 Å². The summed E-state index contributed by atoms with van der Waals surface area (Å²) in [6.07, 6.45) is 5.36. The molecular weight excluding hydrogens is 238 g/mol. The molecule has 0 radical (unpaired) electrons. The van der Waals surface area contributed by atoms with Crippen molar-refractivity contribution in [2.24, 2.45) is 0 Å². The Kier molecular flexibility index (Phi) is 4.85. The van der Waals surface area contributed by atoms with Crippen LogP contribution in [-0.2, 0) is 4.79 Å². The van der Waals surface area contributed by atoms with Crippen molar-refractivity contribution in [3.05, 3.63) is 0 Å². The van der Waals surface area contributed by atoms with Crippen molar-refractivity contribution in [1.82, 2.24) is 15.5 Å². The number of rotatable bonds is 5. The summed E-state index contributed by atoms with van der Waals surface area (Å²) in [6.45, 7) is 9.79. The molecule has 0 atom stereocenters. The van der Waals surface area contributed by atoms with Crippen molar-refractivity contribution in [2.75, 3.05) is 19.6 Å². The fourth-order valence-corrected chi connectivity index (χ4v) is 2.67. The molecule has 1 saturated carbocycles. The number of hydrogen-bond donors (Lipinski definition) is 2. The van der Waals surface area contributed by atoms with Crippen molar-refractivity contribution in [3.63, 3.8) is 0 Å². The minimum Gasteiger partial charge on any atom is -0.353 e. The number of amides is 1. The Morgan fingerprint density at radius 2 is 1.74 bits per heavy atom. The molecular formula is C15H29N3O. The molecule has 4 heteroatoms. The van der Waals surface area contributed by atoms with Gasteiger partial charge in [0.05, 0.1) is 0 Å². The number of hydrogen-bond acceptors (Lipinski definition) is 3. The lowest BCUT2D eigenvalue weighted by Gasteiger charge is -2.41. The van der Waals surface area contributed by atoms with Gasteiger partial charge in [0, 0.05) is 43.7 Å². The summed E-state index contributed by atoms with van der Waals surface area (Å²) in [5, 5.41) is 6.56. The molecule has 1 heterocycles. The predicted molar refractivity (Wildman–Crippen MR) is 78.1 cm³/mol. The highest BCUT2D eigenvalue weighted by molar-refractivity contribution is 5.76. The third kappa shape index (κ3) is 5.11. The molecule has 0 spiro atoms. The van der Waals surface area contributed by atoms with Crippen LogP contribution in [0.5, 0.6) is 0 Å². The normalized spacial score (nSPS) is 22.5. The number of piperidine rings is 1. The average molecular weight is 267 g/mol. The lowest BCUT2D eigenvalue weighted by molar-refractivity contribution is -0.122. The molecule has 1 amide bonds. The van der Waals surface area contributed by atoms with E-state index < -0.39 is 0 Å². The van der Waals surface area contributed by atoms with Gasteiger partial charge in [-0.3, -0.25) is 9.69 Å². The van der Waals surface area contributed by atoms with E-state index in [2.05, 4.69) is 36.3 Å². The average Bonchev–Trinajstić information content (AvgIpc) is 3.12. The van der Waals surface area contributed by atoms with Crippen molar-refractivity contribution in [1.29, 1.82) is 0 Å². The van der Waals surface area contributed by atoms with E-state index >= 15 is 0 Å². The molecule has 0 aromatic carbocycles. The Morgan fingerprint density at radius 1 is 1.11 bits per heavy atom. The van der Waals surface area contributed by atoms with Crippen LogP contribution in [0.2, 0.25) is 0 Å². The second-order valence-electron chi connectivity index (χ2n) is 6.98. The Hall–Kier alpha value is -0.610. The Labute approximate surface area is 117 Å². The molecule has 2 aliphatic rings. The Balaban J connectivity index is 1.60. The van der Waals surface area contributed by atoms with E-state index in [4.69, 9.17) is 0 Å². The number of nitrogens with one attached hydrogen (secondary N) is 2. The van der Waals surface area contributed by atoms with Crippen molar-refractivity contribution in [2.45, 2.75) is 70.5 Å². The molecule has 19 heavy (non-hydrogen) atoms. The van der Waals surface area contributed by atoms with E-state index in [1.165, 1.54) is 12.8 Å². The van der Waals surface area contributed by atoms with Gasteiger partial charge in [-0.05, 0) is 46.5 Å². The van der Waals surface area contributed by atoms with Crippen LogP contribution in [0.3, 0.4) is 0 Å². The smallest absolute Gasteiger partial charge is 0.221 e. The summed E-state index contributed by atoms with van der Waals surface area (Å²) in [6, 6.07) is 1.08. The highest BCUT2D eigenvalue weighted by Gasteiger charge is 2.27. The molecule has 2 rings (SSSR count). The quantitative estimate of drug-likeness (QED) is 0.793. The highest BCUT2D eigenvalue weighted by atomic mass is 16.1. The van der Waals surface area contributed by atoms with E-state index in [-0.39, 0.29) is 11.4 Å². The van der Waals surface area contributed by atoms with Crippen LogP contribution < -0.4 is 10.6 Å². The van der Waals surface area contributed by atoms with Crippen LogP contribution in [0.4, 0.5) is 0 Å². The third-order valence-electron chi connectivity index (χ3n) is 4.17. The molecule has 2 fully saturated rings. The van der Waals surface area contributed by atoms with Crippen LogP contribution >= 0.6 is 0 Å². The summed E-state index contributed by atoms with van der Waals surface area (Å²) in [5.41, 5.74) is 0.253. The van der Waals surface area contributed by atoms with Gasteiger partial charge in [0.15, 0.2) is 0 Å². The highest BCUT2D eigenvalue weighted by Crippen LogP contribution is 2.20. The van der Waals surface area contributed by atoms with Gasteiger partial charge in [0.25, 0.3) is 0 Å². The van der Waals surface area contributed by atoms with Gasteiger partial charge < -0.3 is 10.6 Å². The number of likely N-dealkylation sites (tertiary alicyclic amines) is 1. The molecule has 1 aliphatic heterocycles. The van der Waals surface area contributed by atoms with Crippen LogP contribution in [0, 0.1) is 0 Å². The molecule has 0 aromatic rings. The molecule has 0 aromatic heterocycles. The van der Waals surface area contributed by atoms with Gasteiger partial charge >= 0.3 is 0 Å². The van der Waals surface area contributed by atoms with E-state index in [0.29, 0.717) is 18.5 Å².